The zero-order valence-corrected chi connectivity index (χ0v) is 9.11. The van der Waals surface area contributed by atoms with Gasteiger partial charge in [-0.15, -0.1) is 0 Å². The molecule has 1 rings (SSSR count). The minimum atomic E-state index is -4.03. The zero-order valence-electron chi connectivity index (χ0n) is 9.11. The number of likely N-dealkylation sites (N-methyl/N-ethyl adjacent to an activating group) is 1. The van der Waals surface area contributed by atoms with Crippen molar-refractivity contribution in [3.8, 4) is 0 Å². The van der Waals surface area contributed by atoms with E-state index in [1.807, 2.05) is 0 Å². The number of hydrogen-bond donors (Lipinski definition) is 1. The van der Waals surface area contributed by atoms with Crippen LogP contribution in [0.5, 0.6) is 0 Å². The molecule has 0 amide bonds. The van der Waals surface area contributed by atoms with Gasteiger partial charge in [0, 0.05) is 19.1 Å². The molecule has 0 aromatic rings. The minimum Gasteiger partial charge on any atom is -0.315 e. The van der Waals surface area contributed by atoms with Crippen LogP contribution < -0.4 is 5.32 Å². The Kier molecular flexibility index (Phi) is 4.86. The van der Waals surface area contributed by atoms with Crippen molar-refractivity contribution in [3.05, 3.63) is 0 Å². The Labute approximate surface area is 88.8 Å². The highest BCUT2D eigenvalue weighted by Crippen LogP contribution is 2.19. The van der Waals surface area contributed by atoms with E-state index >= 15 is 0 Å². The fourth-order valence-electron chi connectivity index (χ4n) is 2.04. The van der Waals surface area contributed by atoms with Gasteiger partial charge in [-0.25, -0.2) is 0 Å². The number of nitrogens with one attached hydrogen (secondary N) is 1. The molecule has 1 atom stereocenters. The Morgan fingerprint density at radius 2 is 2.13 bits per heavy atom. The highest BCUT2D eigenvalue weighted by Gasteiger charge is 2.27. The Bertz CT molecular complexity index is 182. The van der Waals surface area contributed by atoms with E-state index in [9.17, 15) is 13.2 Å². The zero-order chi connectivity index (χ0) is 11.3. The summed E-state index contributed by atoms with van der Waals surface area (Å²) in [6, 6.07) is 0.434. The van der Waals surface area contributed by atoms with Crippen molar-refractivity contribution in [2.24, 2.45) is 0 Å². The van der Waals surface area contributed by atoms with Gasteiger partial charge in [0.05, 0.1) is 6.42 Å². The van der Waals surface area contributed by atoms with Crippen LogP contribution in [0.2, 0.25) is 0 Å². The molecule has 5 heteroatoms. The first-order valence-electron chi connectivity index (χ1n) is 5.54. The molecule has 1 unspecified atom stereocenters. The lowest BCUT2D eigenvalue weighted by molar-refractivity contribution is -0.133. The molecule has 90 valence electrons. The average molecular weight is 224 g/mol. The summed E-state index contributed by atoms with van der Waals surface area (Å²) < 4.78 is 35.5. The van der Waals surface area contributed by atoms with E-state index in [0.29, 0.717) is 12.6 Å². The van der Waals surface area contributed by atoms with Crippen LogP contribution in [0.4, 0.5) is 13.2 Å². The fourth-order valence-corrected chi connectivity index (χ4v) is 2.04. The third kappa shape index (κ3) is 4.84. The van der Waals surface area contributed by atoms with Gasteiger partial charge in [0.25, 0.3) is 0 Å². The van der Waals surface area contributed by atoms with Gasteiger partial charge >= 0.3 is 6.18 Å². The number of nitrogens with zero attached hydrogens (tertiary/aromatic N) is 1. The van der Waals surface area contributed by atoms with Crippen LogP contribution in [0.3, 0.4) is 0 Å². The maximum absolute atomic E-state index is 11.8. The Morgan fingerprint density at radius 3 is 2.73 bits per heavy atom. The molecule has 15 heavy (non-hydrogen) atoms. The van der Waals surface area contributed by atoms with Crippen LogP contribution in [-0.2, 0) is 0 Å². The van der Waals surface area contributed by atoms with Gasteiger partial charge in [0.15, 0.2) is 0 Å². The molecule has 0 spiro atoms. The van der Waals surface area contributed by atoms with Gasteiger partial charge < -0.3 is 5.32 Å². The second kappa shape index (κ2) is 5.70. The quantitative estimate of drug-likeness (QED) is 0.719. The van der Waals surface area contributed by atoms with Crippen molar-refractivity contribution in [2.75, 3.05) is 26.2 Å². The third-order valence-electron chi connectivity index (χ3n) is 2.87. The van der Waals surface area contributed by atoms with Crippen molar-refractivity contribution >= 4 is 0 Å². The molecule has 1 aliphatic rings. The maximum atomic E-state index is 11.8. The van der Waals surface area contributed by atoms with Crippen LogP contribution in [0.25, 0.3) is 0 Å². The first-order chi connectivity index (χ1) is 7.03. The van der Waals surface area contributed by atoms with Crippen LogP contribution in [-0.4, -0.2) is 43.3 Å². The van der Waals surface area contributed by atoms with Crippen LogP contribution >= 0.6 is 0 Å². The van der Waals surface area contributed by atoms with Crippen molar-refractivity contribution in [3.63, 3.8) is 0 Å². The third-order valence-corrected chi connectivity index (χ3v) is 2.87. The van der Waals surface area contributed by atoms with E-state index in [1.165, 1.54) is 6.42 Å². The standard InChI is InChI=1S/C10H19F3N2/c1-2-15-7-3-4-9(15)8-14-6-5-10(11,12)13/h9,14H,2-8H2,1H3. The summed E-state index contributed by atoms with van der Waals surface area (Å²) in [5.74, 6) is 0. The largest absolute Gasteiger partial charge is 0.390 e. The Morgan fingerprint density at radius 1 is 1.40 bits per heavy atom. The second-order valence-corrected chi connectivity index (χ2v) is 3.99. The molecule has 1 fully saturated rings. The van der Waals surface area contributed by atoms with Crippen molar-refractivity contribution < 1.29 is 13.2 Å². The normalized spacial score (nSPS) is 23.6. The molecular weight excluding hydrogens is 205 g/mol. The summed E-state index contributed by atoms with van der Waals surface area (Å²) in [6.45, 7) is 4.89. The summed E-state index contributed by atoms with van der Waals surface area (Å²) in [4.78, 5) is 2.32. The van der Waals surface area contributed by atoms with E-state index in [2.05, 4.69) is 17.1 Å². The average Bonchev–Trinajstić information content (AvgIpc) is 2.58. The van der Waals surface area contributed by atoms with Crippen molar-refractivity contribution in [1.82, 2.24) is 10.2 Å². The first kappa shape index (κ1) is 12.8. The molecule has 0 aliphatic carbocycles. The fraction of sp³-hybridized carbons (Fsp3) is 1.00. The van der Waals surface area contributed by atoms with Crippen LogP contribution in [0, 0.1) is 0 Å². The molecular formula is C10H19F3N2. The summed E-state index contributed by atoms with van der Waals surface area (Å²) in [6.07, 6.45) is -2.49. The highest BCUT2D eigenvalue weighted by atomic mass is 19.4. The van der Waals surface area contributed by atoms with Gasteiger partial charge in [-0.05, 0) is 25.9 Å². The molecule has 1 N–H and O–H groups in total. The molecule has 1 aliphatic heterocycles. The predicted molar refractivity (Wildman–Crippen MR) is 53.8 cm³/mol. The van der Waals surface area contributed by atoms with Gasteiger partial charge in [0.1, 0.15) is 0 Å². The maximum Gasteiger partial charge on any atom is 0.390 e. The van der Waals surface area contributed by atoms with Gasteiger partial charge in [-0.3, -0.25) is 4.90 Å². The minimum absolute atomic E-state index is 0.0392. The SMILES string of the molecule is CCN1CCCC1CNCCC(F)(F)F. The van der Waals surface area contributed by atoms with E-state index in [4.69, 9.17) is 0 Å². The first-order valence-corrected chi connectivity index (χ1v) is 5.54. The van der Waals surface area contributed by atoms with E-state index in [0.717, 1.165) is 19.5 Å². The molecule has 0 saturated carbocycles. The molecule has 2 nitrogen and oxygen atoms in total. The smallest absolute Gasteiger partial charge is 0.315 e. The predicted octanol–water partition coefficient (Wildman–Crippen LogP) is 2.01. The number of alkyl halides is 3. The van der Waals surface area contributed by atoms with Crippen LogP contribution in [0.1, 0.15) is 26.2 Å². The second-order valence-electron chi connectivity index (χ2n) is 3.99. The molecule has 1 saturated heterocycles. The Balaban J connectivity index is 2.09. The van der Waals surface area contributed by atoms with Crippen molar-refractivity contribution in [2.45, 2.75) is 38.4 Å². The monoisotopic (exact) mass is 224 g/mol. The van der Waals surface area contributed by atoms with Gasteiger partial charge in [0.2, 0.25) is 0 Å². The number of rotatable bonds is 5. The summed E-state index contributed by atoms with van der Waals surface area (Å²) in [7, 11) is 0. The van der Waals surface area contributed by atoms with E-state index in [-0.39, 0.29) is 6.54 Å². The number of likely N-dealkylation sites (tertiary alicyclic amines) is 1. The molecule has 1 heterocycles. The van der Waals surface area contributed by atoms with E-state index in [1.54, 1.807) is 0 Å². The lowest BCUT2D eigenvalue weighted by atomic mass is 10.2. The number of hydrogen-bond acceptors (Lipinski definition) is 2. The summed E-state index contributed by atoms with van der Waals surface area (Å²) in [5, 5.41) is 2.89. The highest BCUT2D eigenvalue weighted by molar-refractivity contribution is 4.79. The Hall–Kier alpha value is -0.290. The van der Waals surface area contributed by atoms with Crippen LogP contribution in [0.15, 0.2) is 0 Å². The lowest BCUT2D eigenvalue weighted by Gasteiger charge is -2.23. The van der Waals surface area contributed by atoms with Gasteiger partial charge in [-0.2, -0.15) is 13.2 Å². The summed E-state index contributed by atoms with van der Waals surface area (Å²) >= 11 is 0. The van der Waals surface area contributed by atoms with Crippen molar-refractivity contribution in [1.29, 1.82) is 0 Å². The molecule has 0 aromatic heterocycles. The molecule has 0 radical (unpaired) electrons. The lowest BCUT2D eigenvalue weighted by Crippen LogP contribution is -2.38. The topological polar surface area (TPSA) is 15.3 Å². The molecule has 0 bridgehead atoms. The number of halogens is 3. The molecule has 0 aromatic carbocycles. The van der Waals surface area contributed by atoms with Gasteiger partial charge in [-0.1, -0.05) is 6.92 Å². The summed E-state index contributed by atoms with van der Waals surface area (Å²) in [5.41, 5.74) is 0. The van der Waals surface area contributed by atoms with E-state index < -0.39 is 12.6 Å².